The second-order valence-electron chi connectivity index (χ2n) is 7.49. The molecule has 0 N–H and O–H groups in total. The summed E-state index contributed by atoms with van der Waals surface area (Å²) < 4.78 is 13.5. The normalized spacial score (nSPS) is 13.8. The van der Waals surface area contributed by atoms with Crippen LogP contribution in [0.4, 0.5) is 10.1 Å². The predicted octanol–water partition coefficient (Wildman–Crippen LogP) is 4.94. The molecule has 3 aromatic carbocycles. The minimum Gasteiger partial charge on any atom is -0.337 e. The smallest absolute Gasteiger partial charge is 0.278 e. The van der Waals surface area contributed by atoms with Crippen molar-refractivity contribution in [2.24, 2.45) is 0 Å². The van der Waals surface area contributed by atoms with Crippen molar-refractivity contribution in [3.05, 3.63) is 107 Å². The second kappa shape index (κ2) is 8.56. The highest BCUT2D eigenvalue weighted by Crippen LogP contribution is 2.35. The van der Waals surface area contributed by atoms with Crippen LogP contribution in [0.3, 0.4) is 0 Å². The number of imide groups is 1. The number of hydrogen-bond acceptors (Lipinski definition) is 3. The summed E-state index contributed by atoms with van der Waals surface area (Å²) in [6, 6.07) is 22.9. The van der Waals surface area contributed by atoms with Gasteiger partial charge in [0.25, 0.3) is 11.8 Å². The summed E-state index contributed by atoms with van der Waals surface area (Å²) in [7, 11) is 0. The van der Waals surface area contributed by atoms with E-state index in [2.05, 4.69) is 0 Å². The van der Waals surface area contributed by atoms with Gasteiger partial charge in [-0.1, -0.05) is 60.2 Å². The Morgan fingerprint density at radius 3 is 2.10 bits per heavy atom. The van der Waals surface area contributed by atoms with Gasteiger partial charge in [-0.25, -0.2) is 4.39 Å². The summed E-state index contributed by atoms with van der Waals surface area (Å²) >= 11 is 0. The van der Waals surface area contributed by atoms with Gasteiger partial charge in [-0.3, -0.25) is 14.5 Å². The molecule has 0 unspecified atom stereocenters. The average Bonchev–Trinajstić information content (AvgIpc) is 3.02. The Morgan fingerprint density at radius 2 is 1.48 bits per heavy atom. The van der Waals surface area contributed by atoms with Gasteiger partial charge in [0.1, 0.15) is 11.5 Å². The fourth-order valence-electron chi connectivity index (χ4n) is 3.79. The number of halogens is 1. The molecule has 0 saturated carbocycles. The zero-order valence-electron chi connectivity index (χ0n) is 17.5. The molecule has 0 bridgehead atoms. The SMILES string of the molecule is CCN(C1=C(c2ccc(F)cc2)C(=O)N(Cc2ccc(C)cc2)C1=O)c1ccccc1. The molecule has 0 saturated heterocycles. The second-order valence-corrected chi connectivity index (χ2v) is 7.49. The highest BCUT2D eigenvalue weighted by Gasteiger charge is 2.41. The van der Waals surface area contributed by atoms with Gasteiger partial charge in [-0.05, 0) is 49.2 Å². The lowest BCUT2D eigenvalue weighted by molar-refractivity contribution is -0.137. The summed E-state index contributed by atoms with van der Waals surface area (Å²) in [5, 5.41) is 0. The van der Waals surface area contributed by atoms with Gasteiger partial charge in [-0.2, -0.15) is 0 Å². The van der Waals surface area contributed by atoms with Gasteiger partial charge in [0.2, 0.25) is 0 Å². The maximum Gasteiger partial charge on any atom is 0.278 e. The van der Waals surface area contributed by atoms with E-state index in [4.69, 9.17) is 0 Å². The molecule has 0 radical (unpaired) electrons. The molecule has 4 nitrogen and oxygen atoms in total. The average molecular weight is 414 g/mol. The molecule has 0 atom stereocenters. The van der Waals surface area contributed by atoms with Gasteiger partial charge >= 0.3 is 0 Å². The largest absolute Gasteiger partial charge is 0.337 e. The fourth-order valence-corrected chi connectivity index (χ4v) is 3.79. The maximum absolute atomic E-state index is 13.5. The Hall–Kier alpha value is -3.73. The zero-order valence-corrected chi connectivity index (χ0v) is 17.5. The zero-order chi connectivity index (χ0) is 22.0. The number of likely N-dealkylation sites (N-methyl/N-ethyl adjacent to an activating group) is 1. The van der Waals surface area contributed by atoms with Crippen molar-refractivity contribution < 1.29 is 14.0 Å². The van der Waals surface area contributed by atoms with Crippen molar-refractivity contribution >= 4 is 23.1 Å². The van der Waals surface area contributed by atoms with Crippen molar-refractivity contribution in [3.63, 3.8) is 0 Å². The monoisotopic (exact) mass is 414 g/mol. The van der Waals surface area contributed by atoms with Crippen LogP contribution in [-0.4, -0.2) is 23.3 Å². The van der Waals surface area contributed by atoms with Crippen LogP contribution < -0.4 is 4.90 Å². The molecule has 5 heteroatoms. The van der Waals surface area contributed by atoms with Crippen molar-refractivity contribution in [1.29, 1.82) is 0 Å². The van der Waals surface area contributed by atoms with E-state index in [1.165, 1.54) is 17.0 Å². The van der Waals surface area contributed by atoms with Gasteiger partial charge in [-0.15, -0.1) is 0 Å². The van der Waals surface area contributed by atoms with Gasteiger partial charge < -0.3 is 4.90 Å². The highest BCUT2D eigenvalue weighted by atomic mass is 19.1. The lowest BCUT2D eigenvalue weighted by atomic mass is 10.0. The van der Waals surface area contributed by atoms with Crippen LogP contribution in [0.25, 0.3) is 5.57 Å². The molecular formula is C26H23FN2O2. The first kappa shape index (κ1) is 20.5. The first-order valence-corrected chi connectivity index (χ1v) is 10.2. The molecule has 1 aliphatic rings. The van der Waals surface area contributed by atoms with Crippen LogP contribution in [0.1, 0.15) is 23.6 Å². The first-order chi connectivity index (χ1) is 15.0. The Labute approximate surface area is 181 Å². The molecule has 0 fully saturated rings. The maximum atomic E-state index is 13.5. The van der Waals surface area contributed by atoms with Crippen LogP contribution in [0.15, 0.2) is 84.6 Å². The molecule has 31 heavy (non-hydrogen) atoms. The highest BCUT2D eigenvalue weighted by molar-refractivity contribution is 6.36. The molecule has 0 spiro atoms. The molecule has 3 aromatic rings. The van der Waals surface area contributed by atoms with Crippen molar-refractivity contribution in [3.8, 4) is 0 Å². The van der Waals surface area contributed by atoms with Crippen LogP contribution in [0.5, 0.6) is 0 Å². The van der Waals surface area contributed by atoms with E-state index in [9.17, 15) is 14.0 Å². The minimum atomic E-state index is -0.394. The van der Waals surface area contributed by atoms with Crippen molar-refractivity contribution in [2.75, 3.05) is 11.4 Å². The molecular weight excluding hydrogens is 391 g/mol. The van der Waals surface area contributed by atoms with E-state index in [1.807, 2.05) is 73.3 Å². The molecule has 1 aliphatic heterocycles. The fraction of sp³-hybridized carbons (Fsp3) is 0.154. The van der Waals surface area contributed by atoms with Crippen molar-refractivity contribution in [2.45, 2.75) is 20.4 Å². The molecule has 0 aromatic heterocycles. The van der Waals surface area contributed by atoms with Gasteiger partial charge in [0, 0.05) is 12.2 Å². The lowest BCUT2D eigenvalue weighted by Crippen LogP contribution is -2.34. The Balaban J connectivity index is 1.81. The van der Waals surface area contributed by atoms with Crippen LogP contribution in [0, 0.1) is 12.7 Å². The molecule has 156 valence electrons. The summed E-state index contributed by atoms with van der Waals surface area (Å²) in [5.41, 5.74) is 3.93. The standard InChI is InChI=1S/C26H23FN2O2/c1-3-28(22-7-5-4-6-8-22)24-23(20-13-15-21(27)16-14-20)25(30)29(26(24)31)17-19-11-9-18(2)10-12-19/h4-16H,3,17H2,1-2H3. The van der Waals surface area contributed by atoms with E-state index in [0.717, 1.165) is 16.8 Å². The Bertz CT molecular complexity index is 1140. The van der Waals surface area contributed by atoms with E-state index in [1.54, 1.807) is 12.1 Å². The van der Waals surface area contributed by atoms with Crippen LogP contribution in [-0.2, 0) is 16.1 Å². The summed E-state index contributed by atoms with van der Waals surface area (Å²) in [4.78, 5) is 30.1. The number of anilines is 1. The third kappa shape index (κ3) is 3.99. The number of aryl methyl sites for hydroxylation is 1. The third-order valence-corrected chi connectivity index (χ3v) is 5.39. The number of amides is 2. The number of para-hydroxylation sites is 1. The molecule has 4 rings (SSSR count). The summed E-state index contributed by atoms with van der Waals surface area (Å²) in [5.74, 6) is -1.12. The number of carbonyl (C=O) groups excluding carboxylic acids is 2. The van der Waals surface area contributed by atoms with Crippen molar-refractivity contribution in [1.82, 2.24) is 4.90 Å². The van der Waals surface area contributed by atoms with E-state index >= 15 is 0 Å². The first-order valence-electron chi connectivity index (χ1n) is 10.2. The Kier molecular flexibility index (Phi) is 5.67. The van der Waals surface area contributed by atoms with Crippen LogP contribution in [0.2, 0.25) is 0 Å². The molecule has 2 amide bonds. The number of nitrogens with zero attached hydrogens (tertiary/aromatic N) is 2. The summed E-state index contributed by atoms with van der Waals surface area (Å²) in [6.45, 7) is 4.60. The number of rotatable bonds is 6. The quantitative estimate of drug-likeness (QED) is 0.537. The predicted molar refractivity (Wildman–Crippen MR) is 120 cm³/mol. The van der Waals surface area contributed by atoms with E-state index in [-0.39, 0.29) is 18.4 Å². The lowest BCUT2D eigenvalue weighted by Gasteiger charge is -2.25. The summed E-state index contributed by atoms with van der Waals surface area (Å²) in [6.07, 6.45) is 0. The van der Waals surface area contributed by atoms with Gasteiger partial charge in [0.05, 0.1) is 12.1 Å². The van der Waals surface area contributed by atoms with E-state index < -0.39 is 5.82 Å². The van der Waals surface area contributed by atoms with Crippen LogP contribution >= 0.6 is 0 Å². The number of benzene rings is 3. The number of carbonyl (C=O) groups is 2. The molecule has 1 heterocycles. The Morgan fingerprint density at radius 1 is 0.839 bits per heavy atom. The number of hydrogen-bond donors (Lipinski definition) is 0. The minimum absolute atomic E-state index is 0.179. The molecule has 0 aliphatic carbocycles. The topological polar surface area (TPSA) is 40.6 Å². The van der Waals surface area contributed by atoms with Gasteiger partial charge in [0.15, 0.2) is 0 Å². The van der Waals surface area contributed by atoms with E-state index in [0.29, 0.717) is 23.4 Å². The third-order valence-electron chi connectivity index (χ3n) is 5.39.